The van der Waals surface area contributed by atoms with Crippen molar-refractivity contribution in [3.05, 3.63) is 65.0 Å². The van der Waals surface area contributed by atoms with Gasteiger partial charge in [0.1, 0.15) is 17.2 Å². The Balaban J connectivity index is 1.18. The van der Waals surface area contributed by atoms with Crippen molar-refractivity contribution in [1.82, 2.24) is 25.0 Å². The quantitative estimate of drug-likeness (QED) is 0.283. The van der Waals surface area contributed by atoms with Crippen LogP contribution in [0.15, 0.2) is 52.3 Å². The van der Waals surface area contributed by atoms with Gasteiger partial charge in [-0.25, -0.2) is 4.98 Å². The molecule has 13 heteroatoms. The molecule has 2 saturated heterocycles. The molecular formula is C31H32N6O6S. The SMILES string of the molecule is Cc1nnc(-c2ccc(Oc3cc(OC4CCN(C)C4=O)cc(C(=O)Nc4nc(CC(=O)N5CCCCC5)cs4)c3)cc2)o1. The first-order chi connectivity index (χ1) is 21.3. The Morgan fingerprint density at radius 2 is 1.80 bits per heavy atom. The van der Waals surface area contributed by atoms with E-state index in [1.165, 1.54) is 11.3 Å². The van der Waals surface area contributed by atoms with E-state index in [-0.39, 0.29) is 23.8 Å². The molecule has 2 aromatic heterocycles. The van der Waals surface area contributed by atoms with E-state index in [9.17, 15) is 14.4 Å². The fraction of sp³-hybridized carbons (Fsp3) is 0.355. The molecule has 0 radical (unpaired) electrons. The van der Waals surface area contributed by atoms with E-state index in [1.54, 1.807) is 66.7 Å². The number of likely N-dealkylation sites (tertiary alicyclic amines) is 2. The highest BCUT2D eigenvalue weighted by Gasteiger charge is 2.31. The molecule has 0 saturated carbocycles. The second-order valence-electron chi connectivity index (χ2n) is 10.8. The minimum absolute atomic E-state index is 0.0480. The van der Waals surface area contributed by atoms with Gasteiger partial charge in [0.2, 0.25) is 17.7 Å². The summed E-state index contributed by atoms with van der Waals surface area (Å²) in [4.78, 5) is 46.5. The highest BCUT2D eigenvalue weighted by atomic mass is 32.1. The molecule has 228 valence electrons. The van der Waals surface area contributed by atoms with Gasteiger partial charge < -0.3 is 23.7 Å². The minimum Gasteiger partial charge on any atom is -0.480 e. The maximum atomic E-state index is 13.4. The van der Waals surface area contributed by atoms with E-state index in [4.69, 9.17) is 13.9 Å². The number of thiazole rings is 1. The van der Waals surface area contributed by atoms with Gasteiger partial charge in [-0.1, -0.05) is 0 Å². The number of aryl methyl sites for hydroxylation is 1. The number of amides is 3. The van der Waals surface area contributed by atoms with Crippen molar-refractivity contribution < 1.29 is 28.3 Å². The van der Waals surface area contributed by atoms with Crippen molar-refractivity contribution in [1.29, 1.82) is 0 Å². The van der Waals surface area contributed by atoms with Crippen LogP contribution in [0.3, 0.4) is 0 Å². The Hall–Kier alpha value is -4.78. The van der Waals surface area contributed by atoms with Gasteiger partial charge in [0.05, 0.1) is 12.1 Å². The molecule has 0 aliphatic carbocycles. The topological polar surface area (TPSA) is 140 Å². The van der Waals surface area contributed by atoms with Crippen LogP contribution in [0.4, 0.5) is 5.13 Å². The van der Waals surface area contributed by atoms with E-state index in [2.05, 4.69) is 20.5 Å². The Morgan fingerprint density at radius 3 is 2.50 bits per heavy atom. The smallest absolute Gasteiger partial charge is 0.263 e. The molecule has 3 amide bonds. The number of hydrogen-bond acceptors (Lipinski definition) is 10. The lowest BCUT2D eigenvalue weighted by atomic mass is 10.1. The average Bonchev–Trinajstić information content (AvgIpc) is 3.75. The molecule has 0 spiro atoms. The molecule has 4 aromatic rings. The van der Waals surface area contributed by atoms with Crippen LogP contribution >= 0.6 is 11.3 Å². The first-order valence-corrected chi connectivity index (χ1v) is 15.4. The first kappa shape index (κ1) is 29.3. The van der Waals surface area contributed by atoms with Crippen molar-refractivity contribution in [2.75, 3.05) is 32.0 Å². The van der Waals surface area contributed by atoms with Crippen molar-refractivity contribution in [3.8, 4) is 28.7 Å². The zero-order valence-corrected chi connectivity index (χ0v) is 25.3. The molecule has 4 heterocycles. The van der Waals surface area contributed by atoms with Gasteiger partial charge in [0.25, 0.3) is 11.8 Å². The number of carbonyl (C=O) groups is 3. The van der Waals surface area contributed by atoms with Crippen LogP contribution < -0.4 is 14.8 Å². The monoisotopic (exact) mass is 616 g/mol. The fourth-order valence-electron chi connectivity index (χ4n) is 5.13. The second kappa shape index (κ2) is 12.8. The highest BCUT2D eigenvalue weighted by Crippen LogP contribution is 2.31. The molecule has 2 aliphatic heterocycles. The molecule has 12 nitrogen and oxygen atoms in total. The largest absolute Gasteiger partial charge is 0.480 e. The lowest BCUT2D eigenvalue weighted by Crippen LogP contribution is -2.36. The molecule has 2 aliphatic rings. The molecule has 2 fully saturated rings. The second-order valence-corrected chi connectivity index (χ2v) is 11.7. The number of rotatable bonds is 9. The highest BCUT2D eigenvalue weighted by molar-refractivity contribution is 7.14. The van der Waals surface area contributed by atoms with E-state index in [1.807, 2.05) is 4.90 Å². The number of ether oxygens (including phenoxy) is 2. The third kappa shape index (κ3) is 6.88. The van der Waals surface area contributed by atoms with Gasteiger partial charge in [-0.2, -0.15) is 0 Å². The van der Waals surface area contributed by atoms with E-state index in [0.29, 0.717) is 52.8 Å². The van der Waals surface area contributed by atoms with Crippen molar-refractivity contribution in [2.24, 2.45) is 0 Å². The number of aromatic nitrogens is 3. The van der Waals surface area contributed by atoms with Gasteiger partial charge >= 0.3 is 0 Å². The van der Waals surface area contributed by atoms with Gasteiger partial charge in [-0.15, -0.1) is 21.5 Å². The standard InChI is InChI=1S/C31H32N6O6S/c1-19-34-35-29(41-19)20-6-8-23(9-7-20)42-24-14-21(15-25(17-24)43-26-10-13-36(2)30(26)40)28(39)33-31-32-22(18-44-31)16-27(38)37-11-4-3-5-12-37/h6-9,14-15,17-18,26H,3-5,10-13,16H2,1-2H3,(H,32,33,39). The van der Waals surface area contributed by atoms with E-state index < -0.39 is 12.0 Å². The summed E-state index contributed by atoms with van der Waals surface area (Å²) in [7, 11) is 1.73. The molecule has 1 unspecified atom stereocenters. The summed E-state index contributed by atoms with van der Waals surface area (Å²) in [5.41, 5.74) is 1.61. The van der Waals surface area contributed by atoms with Gasteiger partial charge in [0, 0.05) is 62.6 Å². The van der Waals surface area contributed by atoms with Crippen molar-refractivity contribution in [3.63, 3.8) is 0 Å². The molecule has 44 heavy (non-hydrogen) atoms. The summed E-state index contributed by atoms with van der Waals surface area (Å²) in [5, 5.41) is 12.9. The third-order valence-corrected chi connectivity index (χ3v) is 8.28. The summed E-state index contributed by atoms with van der Waals surface area (Å²) in [6.07, 6.45) is 3.28. The van der Waals surface area contributed by atoms with Gasteiger partial charge in [-0.3, -0.25) is 19.7 Å². The zero-order chi connectivity index (χ0) is 30.6. The average molecular weight is 617 g/mol. The Kier molecular flexibility index (Phi) is 8.55. The van der Waals surface area contributed by atoms with Gasteiger partial charge in [0.15, 0.2) is 11.2 Å². The number of nitrogens with zero attached hydrogens (tertiary/aromatic N) is 5. The predicted octanol–water partition coefficient (Wildman–Crippen LogP) is 4.71. The van der Waals surface area contributed by atoms with Crippen LogP contribution in [0.1, 0.15) is 47.6 Å². The number of likely N-dealkylation sites (N-methyl/N-ethyl adjacent to an activating group) is 1. The molecular weight excluding hydrogens is 584 g/mol. The van der Waals surface area contributed by atoms with Crippen LogP contribution in [0.5, 0.6) is 17.2 Å². The van der Waals surface area contributed by atoms with Crippen LogP contribution in [-0.4, -0.2) is 75.5 Å². The number of carbonyl (C=O) groups excluding carboxylic acids is 3. The van der Waals surface area contributed by atoms with E-state index >= 15 is 0 Å². The minimum atomic E-state index is -0.651. The Labute approximate surface area is 258 Å². The van der Waals surface area contributed by atoms with E-state index in [0.717, 1.165) is 37.9 Å². The Morgan fingerprint density at radius 1 is 1.02 bits per heavy atom. The number of benzene rings is 2. The molecule has 1 N–H and O–H groups in total. The fourth-order valence-corrected chi connectivity index (χ4v) is 5.84. The Bertz CT molecular complexity index is 1660. The van der Waals surface area contributed by atoms with Crippen LogP contribution in [0.2, 0.25) is 0 Å². The lowest BCUT2D eigenvalue weighted by molar-refractivity contribution is -0.132. The number of piperidine rings is 1. The molecule has 6 rings (SSSR count). The number of nitrogens with one attached hydrogen (secondary N) is 1. The summed E-state index contributed by atoms with van der Waals surface area (Å²) in [5.74, 6) is 1.54. The van der Waals surface area contributed by atoms with Gasteiger partial charge in [-0.05, 0) is 55.7 Å². The molecule has 1 atom stereocenters. The number of anilines is 1. The number of hydrogen-bond donors (Lipinski definition) is 1. The normalized spacial score (nSPS) is 16.7. The maximum Gasteiger partial charge on any atom is 0.263 e. The first-order valence-electron chi connectivity index (χ1n) is 14.5. The van der Waals surface area contributed by atoms with Crippen LogP contribution in [-0.2, 0) is 16.0 Å². The van der Waals surface area contributed by atoms with Crippen LogP contribution in [0, 0.1) is 6.92 Å². The molecule has 0 bridgehead atoms. The maximum absolute atomic E-state index is 13.4. The van der Waals surface area contributed by atoms with Crippen LogP contribution in [0.25, 0.3) is 11.5 Å². The van der Waals surface area contributed by atoms with Crippen molar-refractivity contribution >= 4 is 34.2 Å². The summed E-state index contributed by atoms with van der Waals surface area (Å²) >= 11 is 1.26. The summed E-state index contributed by atoms with van der Waals surface area (Å²) in [6.45, 7) is 3.87. The summed E-state index contributed by atoms with van der Waals surface area (Å²) in [6, 6.07) is 11.9. The summed E-state index contributed by atoms with van der Waals surface area (Å²) < 4.78 is 17.6. The molecule has 2 aromatic carbocycles. The lowest BCUT2D eigenvalue weighted by Gasteiger charge is -2.26. The zero-order valence-electron chi connectivity index (χ0n) is 24.4. The van der Waals surface area contributed by atoms with Crippen molar-refractivity contribution in [2.45, 2.75) is 45.1 Å². The predicted molar refractivity (Wildman–Crippen MR) is 162 cm³/mol. The third-order valence-electron chi connectivity index (χ3n) is 7.48.